The normalized spacial score (nSPS) is 15.6. The van der Waals surface area contributed by atoms with E-state index in [0.717, 1.165) is 16.7 Å². The van der Waals surface area contributed by atoms with E-state index in [1.165, 1.54) is 11.2 Å². The molecule has 4 rings (SSSR count). The van der Waals surface area contributed by atoms with Crippen molar-refractivity contribution in [3.05, 3.63) is 78.4 Å². The van der Waals surface area contributed by atoms with Crippen LogP contribution in [-0.2, 0) is 11.3 Å². The number of nitrogens with one attached hydrogen (secondary N) is 1. The highest BCUT2D eigenvalue weighted by Crippen LogP contribution is 2.33. The fraction of sp³-hybridized carbons (Fsp3) is 0.217. The standard InChI is InChI=1S/C23H23N5O3/c1-15(2)17-9-10-20-19(11-17)27(3)23(30)18(13-31-20)25-22(29)21-24-14-28(26-21)12-16-7-5-4-6-8-16/h4-11,14,18H,1,12-13H2,2-3H3,(H,25,29). The Morgan fingerprint density at radius 2 is 2.03 bits per heavy atom. The van der Waals surface area contributed by atoms with Gasteiger partial charge in [-0.2, -0.15) is 0 Å². The molecule has 1 unspecified atom stereocenters. The lowest BCUT2D eigenvalue weighted by Gasteiger charge is -2.20. The topological polar surface area (TPSA) is 89.4 Å². The minimum atomic E-state index is -0.862. The van der Waals surface area contributed by atoms with Crippen LogP contribution in [0.25, 0.3) is 5.57 Å². The largest absolute Gasteiger partial charge is 0.489 e. The van der Waals surface area contributed by atoms with Crippen molar-refractivity contribution < 1.29 is 14.3 Å². The molecule has 1 aliphatic rings. The molecule has 0 spiro atoms. The van der Waals surface area contributed by atoms with Crippen LogP contribution in [0, 0.1) is 0 Å². The Morgan fingerprint density at radius 1 is 1.26 bits per heavy atom. The van der Waals surface area contributed by atoms with E-state index in [0.29, 0.717) is 18.0 Å². The average Bonchev–Trinajstić information content (AvgIpc) is 3.20. The lowest BCUT2D eigenvalue weighted by molar-refractivity contribution is -0.120. The fourth-order valence-electron chi connectivity index (χ4n) is 3.34. The fourth-order valence-corrected chi connectivity index (χ4v) is 3.34. The maximum absolute atomic E-state index is 13.0. The number of likely N-dealkylation sites (N-methyl/N-ethyl adjacent to an activating group) is 1. The van der Waals surface area contributed by atoms with Crippen LogP contribution >= 0.6 is 0 Å². The van der Waals surface area contributed by atoms with Crippen LogP contribution < -0.4 is 15.0 Å². The molecule has 0 saturated heterocycles. The Hall–Kier alpha value is -3.94. The monoisotopic (exact) mass is 417 g/mol. The summed E-state index contributed by atoms with van der Waals surface area (Å²) in [7, 11) is 1.66. The lowest BCUT2D eigenvalue weighted by Crippen LogP contribution is -2.49. The molecule has 8 nitrogen and oxygen atoms in total. The van der Waals surface area contributed by atoms with Crippen molar-refractivity contribution in [1.29, 1.82) is 0 Å². The van der Waals surface area contributed by atoms with Gasteiger partial charge in [-0.3, -0.25) is 9.59 Å². The smallest absolute Gasteiger partial charge is 0.291 e. The van der Waals surface area contributed by atoms with Crippen LogP contribution in [0.15, 0.2) is 61.4 Å². The first kappa shape index (κ1) is 20.3. The van der Waals surface area contributed by atoms with E-state index in [9.17, 15) is 9.59 Å². The summed E-state index contributed by atoms with van der Waals surface area (Å²) in [4.78, 5) is 31.2. The maximum atomic E-state index is 13.0. The molecule has 2 heterocycles. The Labute approximate surface area is 180 Å². The number of carbonyl (C=O) groups excluding carboxylic acids is 2. The van der Waals surface area contributed by atoms with Crippen molar-refractivity contribution in [2.45, 2.75) is 19.5 Å². The molecule has 0 aliphatic carbocycles. The van der Waals surface area contributed by atoms with Crippen LogP contribution in [0.4, 0.5) is 5.69 Å². The van der Waals surface area contributed by atoms with Gasteiger partial charge in [0.05, 0.1) is 12.2 Å². The molecule has 0 saturated carbocycles. The molecule has 0 radical (unpaired) electrons. The van der Waals surface area contributed by atoms with Gasteiger partial charge in [-0.05, 0) is 30.2 Å². The number of amides is 2. The Kier molecular flexibility index (Phi) is 5.53. The molecule has 1 atom stereocenters. The summed E-state index contributed by atoms with van der Waals surface area (Å²) in [5, 5.41) is 6.92. The maximum Gasteiger partial charge on any atom is 0.291 e. The summed E-state index contributed by atoms with van der Waals surface area (Å²) in [6.45, 7) is 6.35. The van der Waals surface area contributed by atoms with Crippen molar-refractivity contribution in [1.82, 2.24) is 20.1 Å². The number of aromatic nitrogens is 3. The first-order chi connectivity index (χ1) is 14.9. The first-order valence-electron chi connectivity index (χ1n) is 9.87. The van der Waals surface area contributed by atoms with E-state index in [1.54, 1.807) is 17.8 Å². The molecular formula is C23H23N5O3. The summed E-state index contributed by atoms with van der Waals surface area (Å²) in [6.07, 6.45) is 1.49. The molecule has 2 amide bonds. The zero-order chi connectivity index (χ0) is 22.0. The number of rotatable bonds is 5. The molecule has 158 valence electrons. The zero-order valence-corrected chi connectivity index (χ0v) is 17.4. The minimum Gasteiger partial charge on any atom is -0.489 e. The number of nitrogens with zero attached hydrogens (tertiary/aromatic N) is 4. The van der Waals surface area contributed by atoms with Gasteiger partial charge in [-0.15, -0.1) is 5.10 Å². The summed E-state index contributed by atoms with van der Waals surface area (Å²) in [5.41, 5.74) is 3.47. The van der Waals surface area contributed by atoms with Crippen LogP contribution in [0.3, 0.4) is 0 Å². The second kappa shape index (κ2) is 8.43. The molecular weight excluding hydrogens is 394 g/mol. The summed E-state index contributed by atoms with van der Waals surface area (Å²) < 4.78 is 7.38. The van der Waals surface area contributed by atoms with Crippen molar-refractivity contribution in [3.8, 4) is 5.75 Å². The van der Waals surface area contributed by atoms with Gasteiger partial charge in [-0.25, -0.2) is 9.67 Å². The van der Waals surface area contributed by atoms with E-state index in [2.05, 4.69) is 22.0 Å². The van der Waals surface area contributed by atoms with Crippen LogP contribution in [0.1, 0.15) is 28.7 Å². The van der Waals surface area contributed by atoms with Gasteiger partial charge in [0.15, 0.2) is 0 Å². The zero-order valence-electron chi connectivity index (χ0n) is 17.4. The molecule has 8 heteroatoms. The summed E-state index contributed by atoms with van der Waals surface area (Å²) in [6, 6.07) is 14.4. The predicted molar refractivity (Wildman–Crippen MR) is 117 cm³/mol. The molecule has 31 heavy (non-hydrogen) atoms. The number of fused-ring (bicyclic) bond motifs is 1. The predicted octanol–water partition coefficient (Wildman–Crippen LogP) is 2.51. The van der Waals surface area contributed by atoms with Crippen molar-refractivity contribution in [2.75, 3.05) is 18.6 Å². The summed E-state index contributed by atoms with van der Waals surface area (Å²) >= 11 is 0. The van der Waals surface area contributed by atoms with Crippen LogP contribution in [-0.4, -0.2) is 46.3 Å². The molecule has 1 aliphatic heterocycles. The van der Waals surface area contributed by atoms with Gasteiger partial charge in [0.25, 0.3) is 11.8 Å². The second-order valence-corrected chi connectivity index (χ2v) is 7.45. The molecule has 3 aromatic rings. The first-order valence-corrected chi connectivity index (χ1v) is 9.87. The third-order valence-corrected chi connectivity index (χ3v) is 5.08. The number of ether oxygens (including phenoxy) is 1. The highest BCUT2D eigenvalue weighted by molar-refractivity contribution is 6.02. The number of hydrogen-bond acceptors (Lipinski definition) is 5. The third-order valence-electron chi connectivity index (χ3n) is 5.08. The van der Waals surface area contributed by atoms with Gasteiger partial charge in [0.2, 0.25) is 5.82 Å². The number of benzene rings is 2. The Balaban J connectivity index is 1.46. The van der Waals surface area contributed by atoms with Gasteiger partial charge in [0.1, 0.15) is 24.7 Å². The highest BCUT2D eigenvalue weighted by atomic mass is 16.5. The van der Waals surface area contributed by atoms with E-state index >= 15 is 0 Å². The second-order valence-electron chi connectivity index (χ2n) is 7.45. The van der Waals surface area contributed by atoms with E-state index < -0.39 is 11.9 Å². The van der Waals surface area contributed by atoms with Gasteiger partial charge < -0.3 is 15.0 Å². The molecule has 0 bridgehead atoms. The highest BCUT2D eigenvalue weighted by Gasteiger charge is 2.31. The molecule has 0 fully saturated rings. The summed E-state index contributed by atoms with van der Waals surface area (Å²) in [5.74, 6) is -0.244. The number of allylic oxidation sites excluding steroid dienone is 1. The van der Waals surface area contributed by atoms with Crippen molar-refractivity contribution in [3.63, 3.8) is 0 Å². The molecule has 1 N–H and O–H groups in total. The van der Waals surface area contributed by atoms with E-state index in [4.69, 9.17) is 4.74 Å². The Bertz CT molecular complexity index is 1140. The van der Waals surface area contributed by atoms with E-state index in [1.807, 2.05) is 49.4 Å². The molecule has 1 aromatic heterocycles. The number of anilines is 1. The number of hydrogen-bond donors (Lipinski definition) is 1. The quantitative estimate of drug-likeness (QED) is 0.689. The van der Waals surface area contributed by atoms with Crippen LogP contribution in [0.5, 0.6) is 5.75 Å². The van der Waals surface area contributed by atoms with Crippen LogP contribution in [0.2, 0.25) is 0 Å². The third kappa shape index (κ3) is 4.32. The number of carbonyl (C=O) groups is 2. The van der Waals surface area contributed by atoms with Gasteiger partial charge in [-0.1, -0.05) is 48.6 Å². The average molecular weight is 417 g/mol. The minimum absolute atomic E-state index is 0.00212. The van der Waals surface area contributed by atoms with Crippen molar-refractivity contribution >= 4 is 23.1 Å². The SMILES string of the molecule is C=C(C)c1ccc2c(c1)N(C)C(=O)C(NC(=O)c1ncn(Cc3ccccc3)n1)CO2. The van der Waals surface area contributed by atoms with E-state index in [-0.39, 0.29) is 18.3 Å². The van der Waals surface area contributed by atoms with Gasteiger partial charge >= 0.3 is 0 Å². The Morgan fingerprint density at radius 3 is 2.77 bits per heavy atom. The molecule has 2 aromatic carbocycles. The van der Waals surface area contributed by atoms with Gasteiger partial charge in [0, 0.05) is 7.05 Å². The van der Waals surface area contributed by atoms with Crippen molar-refractivity contribution in [2.24, 2.45) is 0 Å². The lowest BCUT2D eigenvalue weighted by atomic mass is 10.1.